The molecule has 0 bridgehead atoms. The van der Waals surface area contributed by atoms with Crippen molar-refractivity contribution in [3.63, 3.8) is 0 Å². The van der Waals surface area contributed by atoms with Gasteiger partial charge in [0.05, 0.1) is 27.7 Å². The minimum atomic E-state index is 0. The summed E-state index contributed by atoms with van der Waals surface area (Å²) in [6.45, 7) is 0.391. The first kappa shape index (κ1) is 14.7. The van der Waals surface area contributed by atoms with Crippen LogP contribution in [0.4, 0.5) is 5.69 Å². The van der Waals surface area contributed by atoms with Gasteiger partial charge >= 0.3 is 0 Å². The predicted octanol–water partition coefficient (Wildman–Crippen LogP) is -1.74. The Bertz CT molecular complexity index is 297. The van der Waals surface area contributed by atoms with Crippen molar-refractivity contribution in [1.29, 1.82) is 0 Å². The van der Waals surface area contributed by atoms with Gasteiger partial charge in [-0.15, -0.1) is 0 Å². The lowest BCUT2D eigenvalue weighted by atomic mass is 10.2. The van der Waals surface area contributed by atoms with Crippen LogP contribution in [0.15, 0.2) is 24.3 Å². The minimum Gasteiger partial charge on any atom is -1.00 e. The van der Waals surface area contributed by atoms with E-state index in [9.17, 15) is 0 Å². The van der Waals surface area contributed by atoms with Crippen LogP contribution in [0.1, 0.15) is 0 Å². The summed E-state index contributed by atoms with van der Waals surface area (Å²) in [5.41, 5.74) is 1.11. The zero-order chi connectivity index (χ0) is 10.6. The first-order valence-corrected chi connectivity index (χ1v) is 4.70. The molecule has 0 saturated heterocycles. The van der Waals surface area contributed by atoms with Gasteiger partial charge in [-0.05, 0) is 6.07 Å². The van der Waals surface area contributed by atoms with Gasteiger partial charge in [0.2, 0.25) is 0 Å². The minimum absolute atomic E-state index is 0. The first-order chi connectivity index (χ1) is 6.55. The molecule has 0 aliphatic rings. The monoisotopic (exact) mass is 323 g/mol. The summed E-state index contributed by atoms with van der Waals surface area (Å²) in [7, 11) is 6.25. The quantitative estimate of drug-likeness (QED) is 0.527. The molecule has 86 valence electrons. The Balaban J connectivity index is 0.00000196. The SMILES string of the molecule is C[N+](C)(C)c1ccccc1OCCO.[I-]. The lowest BCUT2D eigenvalue weighted by Crippen LogP contribution is -3.00. The highest BCUT2D eigenvalue weighted by molar-refractivity contribution is 5.54. The van der Waals surface area contributed by atoms with Crippen molar-refractivity contribution in [2.75, 3.05) is 34.4 Å². The van der Waals surface area contributed by atoms with Gasteiger partial charge in [0, 0.05) is 6.07 Å². The third kappa shape index (κ3) is 4.36. The topological polar surface area (TPSA) is 29.5 Å². The molecule has 0 amide bonds. The number of hydrogen-bond acceptors (Lipinski definition) is 2. The smallest absolute Gasteiger partial charge is 0.180 e. The van der Waals surface area contributed by atoms with Gasteiger partial charge < -0.3 is 33.8 Å². The van der Waals surface area contributed by atoms with E-state index in [1.165, 1.54) is 0 Å². The Labute approximate surface area is 108 Å². The second-order valence-corrected chi connectivity index (χ2v) is 4.05. The highest BCUT2D eigenvalue weighted by Gasteiger charge is 2.17. The fraction of sp³-hybridized carbons (Fsp3) is 0.455. The molecule has 0 aliphatic carbocycles. The van der Waals surface area contributed by atoms with E-state index >= 15 is 0 Å². The van der Waals surface area contributed by atoms with Crippen molar-refractivity contribution in [2.45, 2.75) is 0 Å². The molecular formula is C11H18INO2. The molecule has 0 spiro atoms. The number of nitrogens with zero attached hydrogens (tertiary/aromatic N) is 1. The van der Waals surface area contributed by atoms with Crippen LogP contribution in [0.3, 0.4) is 0 Å². The third-order valence-corrected chi connectivity index (χ3v) is 1.94. The van der Waals surface area contributed by atoms with Gasteiger partial charge in [0.15, 0.2) is 11.4 Å². The van der Waals surface area contributed by atoms with Gasteiger partial charge in [-0.2, -0.15) is 0 Å². The lowest BCUT2D eigenvalue weighted by Gasteiger charge is -2.25. The number of halogens is 1. The van der Waals surface area contributed by atoms with E-state index in [1.807, 2.05) is 24.3 Å². The van der Waals surface area contributed by atoms with Crippen LogP contribution in [0, 0.1) is 0 Å². The van der Waals surface area contributed by atoms with E-state index < -0.39 is 0 Å². The number of quaternary nitrogens is 1. The molecule has 0 heterocycles. The number of hydrogen-bond donors (Lipinski definition) is 1. The second kappa shape index (κ2) is 6.30. The molecule has 4 heteroatoms. The molecule has 1 aromatic carbocycles. The fourth-order valence-electron chi connectivity index (χ4n) is 1.29. The van der Waals surface area contributed by atoms with Crippen molar-refractivity contribution < 1.29 is 33.8 Å². The van der Waals surface area contributed by atoms with Gasteiger partial charge in [0.25, 0.3) is 0 Å². The maximum absolute atomic E-state index is 8.69. The first-order valence-electron chi connectivity index (χ1n) is 4.70. The van der Waals surface area contributed by atoms with Gasteiger partial charge in [-0.1, -0.05) is 12.1 Å². The summed E-state index contributed by atoms with van der Waals surface area (Å²) in [6.07, 6.45) is 0. The van der Waals surface area contributed by atoms with Crippen LogP contribution in [-0.2, 0) is 0 Å². The Morgan fingerprint density at radius 1 is 1.20 bits per heavy atom. The second-order valence-electron chi connectivity index (χ2n) is 4.05. The van der Waals surface area contributed by atoms with Crippen LogP contribution in [0.25, 0.3) is 0 Å². The molecule has 0 aliphatic heterocycles. The van der Waals surface area contributed by atoms with Crippen LogP contribution in [-0.4, -0.2) is 39.5 Å². The largest absolute Gasteiger partial charge is 1.00 e. The van der Waals surface area contributed by atoms with Crippen molar-refractivity contribution in [3.05, 3.63) is 24.3 Å². The van der Waals surface area contributed by atoms with E-state index in [1.54, 1.807) is 0 Å². The van der Waals surface area contributed by atoms with Crippen molar-refractivity contribution >= 4 is 5.69 Å². The van der Waals surface area contributed by atoms with Crippen molar-refractivity contribution in [3.8, 4) is 5.75 Å². The summed E-state index contributed by atoms with van der Waals surface area (Å²) in [6, 6.07) is 7.89. The fourth-order valence-corrected chi connectivity index (χ4v) is 1.29. The zero-order valence-electron chi connectivity index (χ0n) is 9.40. The number of benzene rings is 1. The normalized spacial score (nSPS) is 10.7. The maximum Gasteiger partial charge on any atom is 0.180 e. The van der Waals surface area contributed by atoms with E-state index in [2.05, 4.69) is 21.1 Å². The summed E-state index contributed by atoms with van der Waals surface area (Å²) in [4.78, 5) is 0. The number of rotatable bonds is 4. The molecular weight excluding hydrogens is 305 g/mol. The molecule has 0 radical (unpaired) electrons. The molecule has 0 fully saturated rings. The average Bonchev–Trinajstić information content (AvgIpc) is 2.14. The maximum atomic E-state index is 8.69. The molecule has 0 saturated carbocycles. The Hall–Kier alpha value is -0.330. The Morgan fingerprint density at radius 2 is 1.80 bits per heavy atom. The zero-order valence-corrected chi connectivity index (χ0v) is 11.6. The van der Waals surface area contributed by atoms with Gasteiger partial charge in [0.1, 0.15) is 6.61 Å². The van der Waals surface area contributed by atoms with E-state index in [-0.39, 0.29) is 30.6 Å². The van der Waals surface area contributed by atoms with Crippen molar-refractivity contribution in [1.82, 2.24) is 4.48 Å². The van der Waals surface area contributed by atoms with Gasteiger partial charge in [-0.3, -0.25) is 4.48 Å². The predicted molar refractivity (Wildman–Crippen MR) is 58.6 cm³/mol. The third-order valence-electron chi connectivity index (χ3n) is 1.94. The number of ether oxygens (including phenoxy) is 1. The van der Waals surface area contributed by atoms with Crippen LogP contribution in [0.5, 0.6) is 5.75 Å². The summed E-state index contributed by atoms with van der Waals surface area (Å²) in [5, 5.41) is 8.69. The standard InChI is InChI=1S/C11H18NO2.HI/c1-12(2,3)10-6-4-5-7-11(10)14-9-8-13;/h4-7,13H,8-9H2,1-3H3;1H/q+1;/p-1. The molecule has 0 aromatic heterocycles. The highest BCUT2D eigenvalue weighted by atomic mass is 127. The van der Waals surface area contributed by atoms with Crippen LogP contribution >= 0.6 is 0 Å². The van der Waals surface area contributed by atoms with E-state index in [0.717, 1.165) is 11.4 Å². The molecule has 1 aromatic rings. The molecule has 3 nitrogen and oxygen atoms in total. The van der Waals surface area contributed by atoms with Crippen LogP contribution in [0.2, 0.25) is 0 Å². The molecule has 0 atom stereocenters. The van der Waals surface area contributed by atoms with E-state index in [0.29, 0.717) is 11.1 Å². The van der Waals surface area contributed by atoms with Crippen molar-refractivity contribution in [2.24, 2.45) is 0 Å². The molecule has 15 heavy (non-hydrogen) atoms. The highest BCUT2D eigenvalue weighted by Crippen LogP contribution is 2.29. The number of aliphatic hydroxyl groups excluding tert-OH is 1. The molecule has 0 unspecified atom stereocenters. The average molecular weight is 323 g/mol. The summed E-state index contributed by atoms with van der Waals surface area (Å²) in [5.74, 6) is 0.842. The van der Waals surface area contributed by atoms with Crippen LogP contribution < -0.4 is 33.2 Å². The van der Waals surface area contributed by atoms with E-state index in [4.69, 9.17) is 9.84 Å². The Kier molecular flexibility index (Phi) is 6.16. The molecule has 1 N–H and O–H groups in total. The Morgan fingerprint density at radius 3 is 2.33 bits per heavy atom. The molecule has 1 rings (SSSR count). The lowest BCUT2D eigenvalue weighted by molar-refractivity contribution is -0.00000440. The summed E-state index contributed by atoms with van der Waals surface area (Å²) < 4.78 is 6.16. The number of aliphatic hydroxyl groups is 1. The number of para-hydroxylation sites is 2. The summed E-state index contributed by atoms with van der Waals surface area (Å²) >= 11 is 0. The van der Waals surface area contributed by atoms with Gasteiger partial charge in [-0.25, -0.2) is 0 Å².